The minimum absolute atomic E-state index is 0.00489. The number of carboxylic acids is 3. The molecule has 0 atom stereocenters. The monoisotopic (exact) mass is 1690 g/mol. The van der Waals surface area contributed by atoms with Gasteiger partial charge in [-0.3, -0.25) is 14.4 Å². The number of hydrogen-bond donors (Lipinski definition) is 4. The molecule has 6 aromatic carbocycles. The van der Waals surface area contributed by atoms with Gasteiger partial charge in [-0.05, 0) is 198 Å². The second-order valence-corrected chi connectivity index (χ2v) is 33.6. The molecule has 0 spiro atoms. The summed E-state index contributed by atoms with van der Waals surface area (Å²) in [6, 6.07) is 37.8. The highest BCUT2D eigenvalue weighted by Crippen LogP contribution is 2.38. The van der Waals surface area contributed by atoms with Crippen molar-refractivity contribution in [1.82, 2.24) is 47.9 Å². The number of carboxylic acid groups (broad SMARTS) is 3. The zero-order chi connectivity index (χ0) is 87.2. The number of likely N-dealkylation sites (N-methyl/N-ethyl adjacent to an activating group) is 1. The van der Waals surface area contributed by atoms with E-state index in [-0.39, 0.29) is 63.3 Å². The van der Waals surface area contributed by atoms with E-state index < -0.39 is 112 Å². The zero-order valence-electron chi connectivity index (χ0n) is 67.9. The minimum atomic E-state index is -4.81. The molecule has 5 heterocycles. The Kier molecular flexibility index (Phi) is 30.1. The van der Waals surface area contributed by atoms with Crippen molar-refractivity contribution in [3.05, 3.63) is 243 Å². The van der Waals surface area contributed by atoms with Gasteiger partial charge < -0.3 is 53.9 Å². The predicted molar refractivity (Wildman–Crippen MR) is 431 cm³/mol. The highest BCUT2D eigenvalue weighted by atomic mass is 32.2. The van der Waals surface area contributed by atoms with Crippen molar-refractivity contribution in [2.75, 3.05) is 74.9 Å². The van der Waals surface area contributed by atoms with Crippen LogP contribution in [0, 0.1) is 29.2 Å². The van der Waals surface area contributed by atoms with E-state index in [9.17, 15) is 64.5 Å². The van der Waals surface area contributed by atoms with Crippen LogP contribution in [0.4, 0.5) is 22.0 Å². The Labute approximate surface area is 686 Å². The number of methoxy groups -OCH3 is 4. The van der Waals surface area contributed by atoms with Gasteiger partial charge in [-0.1, -0.05) is 76.2 Å². The molecule has 4 N–H and O–H groups in total. The molecule has 0 aliphatic carbocycles. The Morgan fingerprint density at radius 1 is 0.496 bits per heavy atom. The average Bonchev–Trinajstić information content (AvgIpc) is 1.60. The molecule has 1 saturated heterocycles. The summed E-state index contributed by atoms with van der Waals surface area (Å²) < 4.78 is 162. The van der Waals surface area contributed by atoms with Crippen LogP contribution in [-0.4, -0.2) is 184 Å². The number of nitrogens with zero attached hydrogens (tertiary/aromatic N) is 10. The molecule has 0 bridgehead atoms. The number of aliphatic carboxylic acids is 2. The van der Waals surface area contributed by atoms with Gasteiger partial charge in [0.15, 0.2) is 23.0 Å². The molecule has 0 saturated carbocycles. The Bertz CT molecular complexity index is 5400. The minimum Gasteiger partial charge on any atom is -0.497 e. The largest absolute Gasteiger partial charge is 0.497 e. The van der Waals surface area contributed by atoms with Gasteiger partial charge in [0, 0.05) is 76.9 Å². The van der Waals surface area contributed by atoms with E-state index in [0.29, 0.717) is 116 Å². The Morgan fingerprint density at radius 3 is 1.20 bits per heavy atom. The molecule has 1 amide bonds. The number of rotatable bonds is 32. The first-order chi connectivity index (χ1) is 56.2. The van der Waals surface area contributed by atoms with Crippen molar-refractivity contribution in [3.63, 3.8) is 0 Å². The number of carbonyl (C=O) groups excluding carboxylic acids is 1. The van der Waals surface area contributed by atoms with E-state index in [1.54, 1.807) is 117 Å². The first kappa shape index (κ1) is 91.2. The number of aliphatic hydroxyl groups excluding tert-OH is 1. The number of hydrogen-bond acceptors (Lipinski definition) is 19. The van der Waals surface area contributed by atoms with Crippen LogP contribution in [0.1, 0.15) is 133 Å². The van der Waals surface area contributed by atoms with Crippen LogP contribution in [0.3, 0.4) is 0 Å². The third-order valence-corrected chi connectivity index (χ3v) is 23.0. The summed E-state index contributed by atoms with van der Waals surface area (Å²) in [7, 11) is -1.44. The van der Waals surface area contributed by atoms with Gasteiger partial charge >= 0.3 is 17.9 Å². The lowest BCUT2D eigenvalue weighted by molar-refractivity contribution is -0.137. The predicted octanol–water partition coefficient (Wildman–Crippen LogP) is 13.2. The van der Waals surface area contributed by atoms with E-state index >= 15 is 8.78 Å². The molecule has 10 aromatic rings. The smallest absolute Gasteiger partial charge is 0.357 e. The van der Waals surface area contributed by atoms with Gasteiger partial charge in [-0.15, -0.1) is 0 Å². The molecule has 1 aliphatic rings. The number of aromatic nitrogens is 6. The summed E-state index contributed by atoms with van der Waals surface area (Å²) in [6.45, 7) is 13.8. The Hall–Kier alpha value is -11.7. The maximum absolute atomic E-state index is 16.3. The van der Waals surface area contributed by atoms with Gasteiger partial charge in [-0.2, -0.15) is 23.2 Å². The molecule has 119 heavy (non-hydrogen) atoms. The number of halogens is 5. The number of benzene rings is 6. The van der Waals surface area contributed by atoms with Gasteiger partial charge in [0.25, 0.3) is 26.0 Å². The summed E-state index contributed by atoms with van der Waals surface area (Å²) in [5.74, 6) is -7.01. The standard InChI is InChI=1S/C40H42F2N4O9S.C29H38FN5O6S.C16H15F2NO2/c1-24(2)31-18-28(41)19-32(33(31)20-35(47)48)27-15-16-43-34(17-27)55-23-40(3,4)46-37(39(49)50)36(42)38(44-46)56(51,52)45(21-25-7-11-29(53-5)12-8-25)22-26-9-13-30(54-6)14-10-26;1-29(2,20-36)35-26(28(37)33-16-14-32(3)15-17-33)25(30)27(31-35)42(38,39)34(18-21-6-10-23(40-4)11-7-21)19-22-8-12-24(41-5)13-9-22;1-9(2)12-6-11(17)7-13(14(12)8-16(20)21)10-3-4-19-15(18)5-10/h7-19,24H,20-23H2,1-6H3,(H,47,48)(H,49,50);6-13,36H,14-20H2,1-5H3;3-7,9H,8H2,1-2H3,(H,20,21). The average molecular weight is 1690 g/mol. The van der Waals surface area contributed by atoms with Crippen molar-refractivity contribution >= 4 is 43.9 Å². The SMILES string of the molecule is CC(C)c1cc(F)cc(-c2ccnc(F)c2)c1CC(=O)O.COc1ccc(CN(Cc2ccc(OC)cc2)S(=O)(=O)c2nn(C(C)(C)CO)c(C(=O)N3CCN(C)CC3)c2F)cc1.COc1ccc(CN(Cc2ccc(OC)cc2)S(=O)(=O)c2nn(C(C)(C)COc3cc(-c4cc(F)cc(C(C)C)c4CC(=O)O)ccn3)c(C(=O)O)c2F)cc1. The van der Waals surface area contributed by atoms with Crippen molar-refractivity contribution in [2.24, 2.45) is 0 Å². The Balaban J connectivity index is 0.000000224. The highest BCUT2D eigenvalue weighted by Gasteiger charge is 2.43. The van der Waals surface area contributed by atoms with E-state index in [4.69, 9.17) is 28.8 Å². The van der Waals surface area contributed by atoms with Crippen LogP contribution in [-0.2, 0) is 79.7 Å². The maximum Gasteiger partial charge on any atom is 0.357 e. The van der Waals surface area contributed by atoms with Gasteiger partial charge in [0.05, 0.1) is 59.0 Å². The first-order valence-electron chi connectivity index (χ1n) is 37.5. The number of carbonyl (C=O) groups is 4. The lowest BCUT2D eigenvalue weighted by atomic mass is 9.88. The first-order valence-corrected chi connectivity index (χ1v) is 40.3. The number of pyridine rings is 2. The lowest BCUT2D eigenvalue weighted by Crippen LogP contribution is -2.48. The van der Waals surface area contributed by atoms with E-state index in [1.165, 1.54) is 102 Å². The molecule has 27 nitrogen and oxygen atoms in total. The normalized spacial score (nSPS) is 12.7. The van der Waals surface area contributed by atoms with Gasteiger partial charge in [0.2, 0.25) is 21.9 Å². The molecule has 1 fully saturated rings. The lowest BCUT2D eigenvalue weighted by Gasteiger charge is -2.33. The fourth-order valence-electron chi connectivity index (χ4n) is 13.1. The molecule has 634 valence electrons. The molecular formula is C85H95F5N10O17S2. The summed E-state index contributed by atoms with van der Waals surface area (Å²) >= 11 is 0. The number of aliphatic hydroxyl groups is 1. The molecule has 4 aromatic heterocycles. The van der Waals surface area contributed by atoms with Crippen LogP contribution < -0.4 is 23.7 Å². The fraction of sp³-hybridized carbons (Fsp3) is 0.341. The number of ether oxygens (including phenoxy) is 5. The third-order valence-electron chi connectivity index (χ3n) is 19.6. The quantitative estimate of drug-likeness (QED) is 0.0225. The number of piperazine rings is 1. The molecule has 11 rings (SSSR count). The van der Waals surface area contributed by atoms with Crippen molar-refractivity contribution in [1.29, 1.82) is 0 Å². The summed E-state index contributed by atoms with van der Waals surface area (Å²) in [4.78, 5) is 60.2. The fourth-order valence-corrected chi connectivity index (χ4v) is 15.9. The third kappa shape index (κ3) is 22.4. The topological polar surface area (TPSA) is 338 Å². The van der Waals surface area contributed by atoms with E-state index in [2.05, 4.69) is 20.2 Å². The number of sulfonamides is 2. The van der Waals surface area contributed by atoms with Gasteiger partial charge in [-0.25, -0.2) is 58.5 Å². The molecule has 1 aliphatic heterocycles. The van der Waals surface area contributed by atoms with Crippen molar-refractivity contribution in [3.8, 4) is 51.1 Å². The second-order valence-electron chi connectivity index (χ2n) is 29.9. The van der Waals surface area contributed by atoms with Crippen molar-refractivity contribution in [2.45, 2.75) is 127 Å². The molecular weight excluding hydrogens is 1590 g/mol. The Morgan fingerprint density at radius 2 is 0.857 bits per heavy atom. The molecule has 34 heteroatoms. The highest BCUT2D eigenvalue weighted by molar-refractivity contribution is 7.89. The van der Waals surface area contributed by atoms with Crippen LogP contribution in [0.25, 0.3) is 22.3 Å². The van der Waals surface area contributed by atoms with Crippen LogP contribution in [0.15, 0.2) is 168 Å². The maximum atomic E-state index is 16.3. The van der Waals surface area contributed by atoms with Crippen LogP contribution >= 0.6 is 0 Å². The van der Waals surface area contributed by atoms with Gasteiger partial charge in [0.1, 0.15) is 41.2 Å². The van der Waals surface area contributed by atoms with E-state index in [0.717, 1.165) is 18.0 Å². The molecule has 0 unspecified atom stereocenters. The van der Waals surface area contributed by atoms with Crippen LogP contribution in [0.5, 0.6) is 28.9 Å². The molecule has 0 radical (unpaired) electrons. The van der Waals surface area contributed by atoms with Crippen LogP contribution in [0.2, 0.25) is 0 Å². The number of aromatic carboxylic acids is 1. The second kappa shape index (κ2) is 39.3. The number of amides is 1. The summed E-state index contributed by atoms with van der Waals surface area (Å²) in [5, 5.41) is 45.2. The summed E-state index contributed by atoms with van der Waals surface area (Å²) in [5.41, 5.74) is 1.71. The summed E-state index contributed by atoms with van der Waals surface area (Å²) in [6.07, 6.45) is 2.05. The van der Waals surface area contributed by atoms with E-state index in [1.807, 2.05) is 39.6 Å². The van der Waals surface area contributed by atoms with Crippen molar-refractivity contribution < 1.29 is 102 Å². The zero-order valence-corrected chi connectivity index (χ0v) is 69.6.